The zero-order chi connectivity index (χ0) is 12.4. The van der Waals surface area contributed by atoms with Crippen molar-refractivity contribution in [2.45, 2.75) is 26.4 Å². The van der Waals surface area contributed by atoms with Gasteiger partial charge in [0.1, 0.15) is 5.75 Å². The molecule has 1 aromatic rings. The molecule has 3 nitrogen and oxygen atoms in total. The van der Waals surface area contributed by atoms with Crippen LogP contribution in [0.1, 0.15) is 19.4 Å². The molecule has 1 aromatic carbocycles. The highest BCUT2D eigenvalue weighted by atomic mass is 35.5. The Balaban J connectivity index is 2.12. The van der Waals surface area contributed by atoms with E-state index in [-0.39, 0.29) is 12.0 Å². The normalized spacial score (nSPS) is 17.5. The van der Waals surface area contributed by atoms with Gasteiger partial charge in [-0.05, 0) is 37.6 Å². The summed E-state index contributed by atoms with van der Waals surface area (Å²) in [6.45, 7) is 5.37. The Labute approximate surface area is 106 Å². The van der Waals surface area contributed by atoms with Crippen molar-refractivity contribution < 1.29 is 9.53 Å². The number of likely N-dealkylation sites (N-methyl/N-ethyl adjacent to an activating group) is 1. The van der Waals surface area contributed by atoms with Crippen molar-refractivity contribution in [1.29, 1.82) is 0 Å². The van der Waals surface area contributed by atoms with Crippen molar-refractivity contribution in [2.75, 3.05) is 13.1 Å². The fraction of sp³-hybridized carbons (Fsp3) is 0.462. The third kappa shape index (κ3) is 2.39. The van der Waals surface area contributed by atoms with Crippen LogP contribution < -0.4 is 4.74 Å². The predicted octanol–water partition coefficient (Wildman–Crippen LogP) is 2.51. The number of rotatable bonds is 3. The second-order valence-corrected chi connectivity index (χ2v) is 4.51. The highest BCUT2D eigenvalue weighted by Crippen LogP contribution is 2.31. The van der Waals surface area contributed by atoms with E-state index in [0.717, 1.165) is 11.3 Å². The van der Waals surface area contributed by atoms with Gasteiger partial charge in [-0.3, -0.25) is 4.79 Å². The Morgan fingerprint density at radius 1 is 1.47 bits per heavy atom. The lowest BCUT2D eigenvalue weighted by atomic mass is 10.1. The van der Waals surface area contributed by atoms with Gasteiger partial charge in [0, 0.05) is 24.5 Å². The summed E-state index contributed by atoms with van der Waals surface area (Å²) in [6, 6.07) is 5.48. The Bertz CT molecular complexity index is 429. The first-order valence-corrected chi connectivity index (χ1v) is 6.27. The van der Waals surface area contributed by atoms with Crippen LogP contribution in [0.4, 0.5) is 0 Å². The molecule has 92 valence electrons. The Kier molecular flexibility index (Phi) is 3.57. The Morgan fingerprint density at radius 3 is 2.82 bits per heavy atom. The molecule has 0 N–H and O–H groups in total. The number of carbonyl (C=O) groups is 1. The first kappa shape index (κ1) is 12.2. The average Bonchev–Trinajstić information content (AvgIpc) is 2.73. The maximum absolute atomic E-state index is 12.1. The van der Waals surface area contributed by atoms with E-state index < -0.39 is 0 Å². The van der Waals surface area contributed by atoms with Crippen LogP contribution in [0.15, 0.2) is 18.2 Å². The molecule has 1 amide bonds. The third-order valence-corrected chi connectivity index (χ3v) is 3.28. The largest absolute Gasteiger partial charge is 0.480 e. The number of hydrogen-bond acceptors (Lipinski definition) is 2. The number of benzene rings is 1. The molecule has 1 aliphatic rings. The molecular formula is C13H16ClNO2. The minimum Gasteiger partial charge on any atom is -0.480 e. The van der Waals surface area contributed by atoms with Crippen LogP contribution in [-0.2, 0) is 11.2 Å². The topological polar surface area (TPSA) is 29.5 Å². The van der Waals surface area contributed by atoms with Crippen LogP contribution in [-0.4, -0.2) is 30.0 Å². The summed E-state index contributed by atoms with van der Waals surface area (Å²) < 4.78 is 5.66. The molecule has 4 heteroatoms. The van der Waals surface area contributed by atoms with Crippen LogP contribution in [0.5, 0.6) is 5.75 Å². The van der Waals surface area contributed by atoms with Crippen LogP contribution in [0, 0.1) is 0 Å². The second kappa shape index (κ2) is 4.96. The van der Waals surface area contributed by atoms with E-state index in [2.05, 4.69) is 0 Å². The SMILES string of the molecule is CCN(CC)C(=O)C1Cc2cc(Cl)ccc2O1. The molecule has 0 radical (unpaired) electrons. The van der Waals surface area contributed by atoms with E-state index in [1.165, 1.54) is 0 Å². The first-order valence-electron chi connectivity index (χ1n) is 5.89. The lowest BCUT2D eigenvalue weighted by Crippen LogP contribution is -2.41. The summed E-state index contributed by atoms with van der Waals surface area (Å²) in [5.41, 5.74) is 1.02. The summed E-state index contributed by atoms with van der Waals surface area (Å²) >= 11 is 5.92. The van der Waals surface area contributed by atoms with Gasteiger partial charge < -0.3 is 9.64 Å². The summed E-state index contributed by atoms with van der Waals surface area (Å²) in [6.07, 6.45) is 0.231. The molecule has 0 saturated heterocycles. The van der Waals surface area contributed by atoms with Gasteiger partial charge in [0.2, 0.25) is 0 Å². The van der Waals surface area contributed by atoms with E-state index in [9.17, 15) is 4.79 Å². The van der Waals surface area contributed by atoms with Gasteiger partial charge in [-0.2, -0.15) is 0 Å². The highest BCUT2D eigenvalue weighted by molar-refractivity contribution is 6.30. The van der Waals surface area contributed by atoms with Crippen molar-refractivity contribution in [2.24, 2.45) is 0 Å². The van der Waals surface area contributed by atoms with E-state index in [1.807, 2.05) is 26.0 Å². The quantitative estimate of drug-likeness (QED) is 0.829. The lowest BCUT2D eigenvalue weighted by Gasteiger charge is -2.22. The minimum absolute atomic E-state index is 0.0577. The standard InChI is InChI=1S/C13H16ClNO2/c1-3-15(4-2)13(16)12-8-9-7-10(14)5-6-11(9)17-12/h5-7,12H,3-4,8H2,1-2H3. The smallest absolute Gasteiger partial charge is 0.263 e. The molecule has 1 aliphatic heterocycles. The number of ether oxygens (including phenoxy) is 1. The van der Waals surface area contributed by atoms with Gasteiger partial charge in [-0.25, -0.2) is 0 Å². The third-order valence-electron chi connectivity index (χ3n) is 3.05. The van der Waals surface area contributed by atoms with Crippen molar-refractivity contribution in [3.05, 3.63) is 28.8 Å². The monoisotopic (exact) mass is 253 g/mol. The fourth-order valence-corrected chi connectivity index (χ4v) is 2.29. The van der Waals surface area contributed by atoms with Gasteiger partial charge in [0.25, 0.3) is 5.91 Å². The number of amides is 1. The van der Waals surface area contributed by atoms with Crippen LogP contribution >= 0.6 is 11.6 Å². The molecule has 0 aromatic heterocycles. The second-order valence-electron chi connectivity index (χ2n) is 4.07. The summed E-state index contributed by atoms with van der Waals surface area (Å²) in [5.74, 6) is 0.835. The maximum atomic E-state index is 12.1. The zero-order valence-corrected chi connectivity index (χ0v) is 10.8. The molecule has 0 aliphatic carbocycles. The van der Waals surface area contributed by atoms with Crippen LogP contribution in [0.2, 0.25) is 5.02 Å². The molecule has 0 fully saturated rings. The number of fused-ring (bicyclic) bond motifs is 1. The van der Waals surface area contributed by atoms with E-state index in [0.29, 0.717) is 24.5 Å². The molecule has 2 rings (SSSR count). The van der Waals surface area contributed by atoms with E-state index in [1.54, 1.807) is 11.0 Å². The molecule has 17 heavy (non-hydrogen) atoms. The molecule has 1 unspecified atom stereocenters. The summed E-state index contributed by atoms with van der Waals surface area (Å²) in [7, 11) is 0. The summed E-state index contributed by atoms with van der Waals surface area (Å²) in [4.78, 5) is 13.9. The van der Waals surface area contributed by atoms with Crippen molar-refractivity contribution in [3.8, 4) is 5.75 Å². The number of halogens is 1. The molecule has 1 atom stereocenters. The molecule has 0 saturated carbocycles. The van der Waals surface area contributed by atoms with Crippen LogP contribution in [0.25, 0.3) is 0 Å². The first-order chi connectivity index (χ1) is 8.15. The maximum Gasteiger partial charge on any atom is 0.263 e. The number of carbonyl (C=O) groups excluding carboxylic acids is 1. The fourth-order valence-electron chi connectivity index (χ4n) is 2.09. The molecule has 0 bridgehead atoms. The van der Waals surface area contributed by atoms with Gasteiger partial charge >= 0.3 is 0 Å². The lowest BCUT2D eigenvalue weighted by molar-refractivity contribution is -0.137. The van der Waals surface area contributed by atoms with E-state index in [4.69, 9.17) is 16.3 Å². The van der Waals surface area contributed by atoms with Crippen molar-refractivity contribution >= 4 is 17.5 Å². The molecular weight excluding hydrogens is 238 g/mol. The zero-order valence-electron chi connectivity index (χ0n) is 10.1. The molecule has 1 heterocycles. The minimum atomic E-state index is -0.386. The Morgan fingerprint density at radius 2 is 2.18 bits per heavy atom. The number of hydrogen-bond donors (Lipinski definition) is 0. The predicted molar refractivity (Wildman–Crippen MR) is 67.5 cm³/mol. The summed E-state index contributed by atoms with van der Waals surface area (Å²) in [5, 5.41) is 0.684. The van der Waals surface area contributed by atoms with Crippen LogP contribution in [0.3, 0.4) is 0 Å². The number of nitrogens with zero attached hydrogens (tertiary/aromatic N) is 1. The molecule has 0 spiro atoms. The van der Waals surface area contributed by atoms with Gasteiger partial charge in [0.05, 0.1) is 0 Å². The highest BCUT2D eigenvalue weighted by Gasteiger charge is 2.31. The van der Waals surface area contributed by atoms with Crippen molar-refractivity contribution in [3.63, 3.8) is 0 Å². The average molecular weight is 254 g/mol. The van der Waals surface area contributed by atoms with E-state index >= 15 is 0 Å². The van der Waals surface area contributed by atoms with Gasteiger partial charge in [0.15, 0.2) is 6.10 Å². The van der Waals surface area contributed by atoms with Gasteiger partial charge in [-0.15, -0.1) is 0 Å². The van der Waals surface area contributed by atoms with Gasteiger partial charge in [-0.1, -0.05) is 11.6 Å². The Hall–Kier alpha value is -1.22. The van der Waals surface area contributed by atoms with Crippen molar-refractivity contribution in [1.82, 2.24) is 4.90 Å².